The average Bonchev–Trinajstić information content (AvgIpc) is 3.36. The third-order valence-corrected chi connectivity index (χ3v) is 6.72. The molecule has 2 aromatic heterocycles. The molecule has 1 unspecified atom stereocenters. The molecular weight excluding hydrogens is 434 g/mol. The van der Waals surface area contributed by atoms with Gasteiger partial charge in [-0.2, -0.15) is 8.42 Å². The van der Waals surface area contributed by atoms with Crippen LogP contribution in [-0.2, 0) is 14.5 Å². The van der Waals surface area contributed by atoms with Gasteiger partial charge in [-0.25, -0.2) is 15.1 Å². The van der Waals surface area contributed by atoms with Gasteiger partial charge in [-0.05, 0) is 25.0 Å². The number of aromatic nitrogens is 3. The van der Waals surface area contributed by atoms with Crippen molar-refractivity contribution >= 4 is 27.2 Å². The number of aliphatic hydroxyl groups excluding tert-OH is 1. The first-order chi connectivity index (χ1) is 15.4. The summed E-state index contributed by atoms with van der Waals surface area (Å²) < 4.78 is 34.7. The van der Waals surface area contributed by atoms with Crippen LogP contribution in [-0.4, -0.2) is 47.4 Å². The van der Waals surface area contributed by atoms with Crippen LogP contribution in [0.1, 0.15) is 36.9 Å². The number of ether oxygens (including phenoxy) is 1. The Bertz CT molecular complexity index is 1230. The van der Waals surface area contributed by atoms with Crippen LogP contribution in [0, 0.1) is 5.92 Å². The predicted octanol–water partition coefficient (Wildman–Crippen LogP) is 1.90. The first-order valence-corrected chi connectivity index (χ1v) is 12.0. The highest BCUT2D eigenvalue weighted by Crippen LogP contribution is 2.39. The van der Waals surface area contributed by atoms with E-state index in [1.165, 1.54) is 6.33 Å². The van der Waals surface area contributed by atoms with Crippen LogP contribution >= 0.6 is 0 Å². The molecule has 5 rings (SSSR count). The summed E-state index contributed by atoms with van der Waals surface area (Å²) in [7, 11) is -4.04. The fourth-order valence-electron chi connectivity index (χ4n) is 4.70. The Kier molecular flexibility index (Phi) is 5.49. The highest BCUT2D eigenvalue weighted by molar-refractivity contribution is 7.84. The predicted molar refractivity (Wildman–Crippen MR) is 117 cm³/mol. The molecule has 1 aliphatic carbocycles. The van der Waals surface area contributed by atoms with Crippen molar-refractivity contribution in [2.75, 3.05) is 18.5 Å². The summed E-state index contributed by atoms with van der Waals surface area (Å²) in [6.07, 6.45) is 4.63. The Morgan fingerprint density at radius 3 is 2.94 bits per heavy atom. The van der Waals surface area contributed by atoms with Gasteiger partial charge in [0, 0.05) is 30.1 Å². The monoisotopic (exact) mass is 459 g/mol. The second-order valence-electron chi connectivity index (χ2n) is 8.28. The van der Waals surface area contributed by atoms with E-state index >= 15 is 0 Å². The van der Waals surface area contributed by atoms with Gasteiger partial charge in [0.1, 0.15) is 23.5 Å². The van der Waals surface area contributed by atoms with E-state index < -0.39 is 16.4 Å². The second kappa shape index (κ2) is 8.32. The lowest BCUT2D eigenvalue weighted by Crippen LogP contribution is -2.24. The van der Waals surface area contributed by atoms with E-state index in [1.807, 2.05) is 35.0 Å². The van der Waals surface area contributed by atoms with Crippen molar-refractivity contribution < 1.29 is 22.4 Å². The minimum absolute atomic E-state index is 0.0388. The van der Waals surface area contributed by atoms with E-state index in [0.717, 1.165) is 34.6 Å². The second-order valence-corrected chi connectivity index (χ2v) is 9.51. The molecule has 32 heavy (non-hydrogen) atoms. The number of hydrogen-bond donors (Lipinski definition) is 3. The number of fused-ring (bicyclic) bond motifs is 2. The smallest absolute Gasteiger partial charge is 0.333 e. The first-order valence-electron chi connectivity index (χ1n) is 10.5. The van der Waals surface area contributed by atoms with Gasteiger partial charge in [0.05, 0.1) is 30.7 Å². The number of benzene rings is 1. The molecule has 170 valence electrons. The van der Waals surface area contributed by atoms with Crippen molar-refractivity contribution in [3.63, 3.8) is 0 Å². The molecule has 4 atom stereocenters. The first kappa shape index (κ1) is 21.1. The fraction of sp³-hybridized carbons (Fsp3) is 0.429. The lowest BCUT2D eigenvalue weighted by atomic mass is 10.0. The number of anilines is 1. The van der Waals surface area contributed by atoms with Crippen LogP contribution in [0.2, 0.25) is 0 Å². The summed E-state index contributed by atoms with van der Waals surface area (Å²) in [6.45, 7) is 0.493. The molecule has 0 saturated heterocycles. The topological polar surface area (TPSA) is 142 Å². The van der Waals surface area contributed by atoms with Crippen molar-refractivity contribution in [1.82, 2.24) is 14.5 Å². The summed E-state index contributed by atoms with van der Waals surface area (Å²) in [5.41, 5.74) is 1.86. The summed E-state index contributed by atoms with van der Waals surface area (Å²) in [5.74, 6) is 1.30. The van der Waals surface area contributed by atoms with Crippen LogP contribution in [0.3, 0.4) is 0 Å². The quantitative estimate of drug-likeness (QED) is 0.507. The third kappa shape index (κ3) is 4.16. The van der Waals surface area contributed by atoms with Crippen molar-refractivity contribution in [1.29, 1.82) is 0 Å². The van der Waals surface area contributed by atoms with Gasteiger partial charge in [0.15, 0.2) is 0 Å². The lowest BCUT2D eigenvalue weighted by molar-refractivity contribution is 0.100. The molecule has 4 N–H and O–H groups in total. The van der Waals surface area contributed by atoms with Gasteiger partial charge in [-0.15, -0.1) is 0 Å². The molecule has 0 bridgehead atoms. The number of nitrogens with zero attached hydrogens (tertiary/aromatic N) is 3. The average molecular weight is 460 g/mol. The van der Waals surface area contributed by atoms with Crippen LogP contribution in [0.15, 0.2) is 42.9 Å². The van der Waals surface area contributed by atoms with E-state index in [4.69, 9.17) is 14.1 Å². The van der Waals surface area contributed by atoms with Gasteiger partial charge < -0.3 is 19.7 Å². The molecule has 3 heterocycles. The minimum Gasteiger partial charge on any atom is -0.493 e. The van der Waals surface area contributed by atoms with Gasteiger partial charge in [-0.1, -0.05) is 18.2 Å². The molecule has 2 aliphatic rings. The van der Waals surface area contributed by atoms with Crippen LogP contribution in [0.5, 0.6) is 5.75 Å². The standard InChI is InChI=1S/C21H25N5O5S/c22-32(28,29)31-11-13-9-14(10-18(13)27)26-7-5-16-20(23-12-24-21(16)26)25-17-6-8-30-19-4-2-1-3-15(17)19/h1-5,7,12-14,17-18,27H,6,8-11H2,(H2,22,28,29)(H,23,24,25)/t13-,14?,17-,18-/m0/s1. The number of aliphatic hydroxyl groups is 1. The Morgan fingerprint density at radius 2 is 2.09 bits per heavy atom. The Balaban J connectivity index is 1.37. The molecule has 10 nitrogen and oxygen atoms in total. The molecule has 11 heteroatoms. The summed E-state index contributed by atoms with van der Waals surface area (Å²) in [5, 5.41) is 19.8. The van der Waals surface area contributed by atoms with Crippen molar-refractivity contribution in [2.45, 2.75) is 37.5 Å². The highest BCUT2D eigenvalue weighted by atomic mass is 32.2. The van der Waals surface area contributed by atoms with Crippen LogP contribution in [0.4, 0.5) is 5.82 Å². The Hall–Kier alpha value is -2.73. The lowest BCUT2D eigenvalue weighted by Gasteiger charge is -2.27. The van der Waals surface area contributed by atoms with Gasteiger partial charge in [0.25, 0.3) is 0 Å². The fourth-order valence-corrected chi connectivity index (χ4v) is 5.06. The maximum Gasteiger partial charge on any atom is 0.333 e. The van der Waals surface area contributed by atoms with Crippen molar-refractivity contribution in [3.8, 4) is 5.75 Å². The summed E-state index contributed by atoms with van der Waals surface area (Å²) >= 11 is 0. The van der Waals surface area contributed by atoms with Gasteiger partial charge in [0.2, 0.25) is 0 Å². The SMILES string of the molecule is NS(=O)(=O)OC[C@@H]1CC(n2ccc3c(N[C@H]4CCOc5ccccc54)ncnc32)C[C@@H]1O. The molecular formula is C21H25N5O5S. The molecule has 0 spiro atoms. The largest absolute Gasteiger partial charge is 0.493 e. The molecule has 1 aliphatic heterocycles. The van der Waals surface area contributed by atoms with Crippen LogP contribution in [0.25, 0.3) is 11.0 Å². The number of rotatable bonds is 6. The maximum atomic E-state index is 11.1. The molecule has 3 aromatic rings. The van der Waals surface area contributed by atoms with E-state index in [2.05, 4.69) is 21.4 Å². The summed E-state index contributed by atoms with van der Waals surface area (Å²) in [6, 6.07) is 9.98. The van der Waals surface area contributed by atoms with E-state index in [9.17, 15) is 13.5 Å². The molecule has 0 amide bonds. The summed E-state index contributed by atoms with van der Waals surface area (Å²) in [4.78, 5) is 8.95. The zero-order chi connectivity index (χ0) is 22.3. The van der Waals surface area contributed by atoms with E-state index in [1.54, 1.807) is 0 Å². The van der Waals surface area contributed by atoms with E-state index in [-0.39, 0.29) is 24.6 Å². The molecule has 0 radical (unpaired) electrons. The van der Waals surface area contributed by atoms with Gasteiger partial charge in [-0.3, -0.25) is 4.18 Å². The normalized spacial score (nSPS) is 25.4. The van der Waals surface area contributed by atoms with Crippen molar-refractivity contribution in [2.24, 2.45) is 11.1 Å². The molecule has 1 saturated carbocycles. The van der Waals surface area contributed by atoms with Gasteiger partial charge >= 0.3 is 10.3 Å². The zero-order valence-corrected chi connectivity index (χ0v) is 18.1. The highest BCUT2D eigenvalue weighted by Gasteiger charge is 2.35. The number of nitrogens with one attached hydrogen (secondary N) is 1. The zero-order valence-electron chi connectivity index (χ0n) is 17.3. The number of hydrogen-bond acceptors (Lipinski definition) is 8. The number of para-hydroxylation sites is 1. The molecule has 1 fully saturated rings. The minimum atomic E-state index is -4.04. The van der Waals surface area contributed by atoms with E-state index in [0.29, 0.717) is 19.4 Å². The van der Waals surface area contributed by atoms with Crippen molar-refractivity contribution in [3.05, 3.63) is 48.4 Å². The molecule has 1 aromatic carbocycles. The maximum absolute atomic E-state index is 11.1. The third-order valence-electron chi connectivity index (χ3n) is 6.25. The van der Waals surface area contributed by atoms with Crippen LogP contribution < -0.4 is 15.2 Å². The Morgan fingerprint density at radius 1 is 1.25 bits per heavy atom. The Labute approximate surface area is 185 Å². The number of nitrogens with two attached hydrogens (primary N) is 1.